The van der Waals surface area contributed by atoms with Crippen LogP contribution in [0.15, 0.2) is 60.3 Å². The number of morpholine rings is 1. The van der Waals surface area contributed by atoms with Crippen LogP contribution in [0.25, 0.3) is 5.57 Å². The van der Waals surface area contributed by atoms with E-state index in [2.05, 4.69) is 4.90 Å². The van der Waals surface area contributed by atoms with Gasteiger partial charge in [0.15, 0.2) is 0 Å². The number of nitrogens with zero attached hydrogens (tertiary/aromatic N) is 3. The van der Waals surface area contributed by atoms with Crippen molar-refractivity contribution in [3.63, 3.8) is 0 Å². The van der Waals surface area contributed by atoms with E-state index in [9.17, 15) is 9.59 Å². The number of anilines is 1. The maximum Gasteiger partial charge on any atom is 0.278 e. The van der Waals surface area contributed by atoms with Crippen molar-refractivity contribution in [2.45, 2.75) is 6.42 Å². The Morgan fingerprint density at radius 1 is 0.938 bits per heavy atom. The summed E-state index contributed by atoms with van der Waals surface area (Å²) in [6, 6.07) is 16.9. The van der Waals surface area contributed by atoms with Crippen LogP contribution in [-0.2, 0) is 14.3 Å². The molecule has 32 heavy (non-hydrogen) atoms. The highest BCUT2D eigenvalue weighted by Gasteiger charge is 2.40. The normalized spacial score (nSPS) is 17.2. The molecule has 0 atom stereocenters. The Labute approximate surface area is 188 Å². The van der Waals surface area contributed by atoms with Gasteiger partial charge in [0.1, 0.15) is 11.4 Å². The number of methoxy groups -OCH3 is 1. The molecular weight excluding hydrogens is 406 g/mol. The Bertz CT molecular complexity index is 982. The number of carbonyl (C=O) groups is 2. The minimum absolute atomic E-state index is 0.250. The highest BCUT2D eigenvalue weighted by Crippen LogP contribution is 2.34. The number of ether oxygens (including phenoxy) is 2. The maximum atomic E-state index is 13.5. The number of benzene rings is 2. The molecular formula is C25H29N3O4. The summed E-state index contributed by atoms with van der Waals surface area (Å²) in [4.78, 5) is 32.4. The third-order valence-electron chi connectivity index (χ3n) is 5.96. The van der Waals surface area contributed by atoms with Gasteiger partial charge >= 0.3 is 0 Å². The van der Waals surface area contributed by atoms with Gasteiger partial charge in [0.25, 0.3) is 11.8 Å². The van der Waals surface area contributed by atoms with Crippen LogP contribution in [-0.4, -0.2) is 75.2 Å². The van der Waals surface area contributed by atoms with Crippen LogP contribution < -0.4 is 9.64 Å². The Balaban J connectivity index is 1.60. The first kappa shape index (κ1) is 22.0. The summed E-state index contributed by atoms with van der Waals surface area (Å²) in [5.41, 5.74) is 2.38. The molecule has 0 unspecified atom stereocenters. The van der Waals surface area contributed by atoms with E-state index >= 15 is 0 Å². The minimum atomic E-state index is -0.255. The maximum absolute atomic E-state index is 13.5. The second kappa shape index (κ2) is 9.97. The molecule has 2 aliphatic rings. The molecule has 4 rings (SSSR count). The van der Waals surface area contributed by atoms with E-state index in [1.54, 1.807) is 19.2 Å². The van der Waals surface area contributed by atoms with E-state index < -0.39 is 0 Å². The summed E-state index contributed by atoms with van der Waals surface area (Å²) in [5, 5.41) is 0. The predicted molar refractivity (Wildman–Crippen MR) is 123 cm³/mol. The Morgan fingerprint density at radius 3 is 2.28 bits per heavy atom. The van der Waals surface area contributed by atoms with Crippen molar-refractivity contribution in [3.8, 4) is 5.75 Å². The quantitative estimate of drug-likeness (QED) is 0.594. The Kier molecular flexibility index (Phi) is 6.87. The van der Waals surface area contributed by atoms with Crippen LogP contribution in [0.5, 0.6) is 5.75 Å². The van der Waals surface area contributed by atoms with Gasteiger partial charge in [-0.15, -0.1) is 0 Å². The highest BCUT2D eigenvalue weighted by molar-refractivity contribution is 6.36. The lowest BCUT2D eigenvalue weighted by Crippen LogP contribution is -2.40. The number of rotatable bonds is 8. The second-order valence-electron chi connectivity index (χ2n) is 7.92. The molecule has 2 aliphatic heterocycles. The van der Waals surface area contributed by atoms with Crippen molar-refractivity contribution in [2.24, 2.45) is 0 Å². The number of carbonyl (C=O) groups excluding carboxylic acids is 2. The van der Waals surface area contributed by atoms with Gasteiger partial charge in [0.2, 0.25) is 0 Å². The molecule has 0 N–H and O–H groups in total. The van der Waals surface area contributed by atoms with Gasteiger partial charge in [-0.3, -0.25) is 19.4 Å². The van der Waals surface area contributed by atoms with Gasteiger partial charge < -0.3 is 14.4 Å². The summed E-state index contributed by atoms with van der Waals surface area (Å²) in [7, 11) is 3.43. The zero-order valence-corrected chi connectivity index (χ0v) is 18.6. The number of hydrogen-bond acceptors (Lipinski definition) is 6. The first-order chi connectivity index (χ1) is 15.6. The van der Waals surface area contributed by atoms with Crippen LogP contribution in [0.4, 0.5) is 5.69 Å². The van der Waals surface area contributed by atoms with Gasteiger partial charge in [0.05, 0.1) is 25.9 Å². The van der Waals surface area contributed by atoms with Crippen LogP contribution in [0.2, 0.25) is 0 Å². The molecule has 2 heterocycles. The van der Waals surface area contributed by atoms with E-state index in [1.165, 1.54) is 4.90 Å². The van der Waals surface area contributed by atoms with Gasteiger partial charge in [-0.2, -0.15) is 0 Å². The molecule has 1 fully saturated rings. The number of hydrogen-bond donors (Lipinski definition) is 0. The largest absolute Gasteiger partial charge is 0.497 e. The molecule has 2 aromatic rings. The SMILES string of the molecule is COc1ccc(C2=C(N(C)c3ccccc3)C(=O)N(CCCN3CCOCC3)C2=O)cc1. The summed E-state index contributed by atoms with van der Waals surface area (Å²) in [6.07, 6.45) is 0.732. The number of amides is 2. The van der Waals surface area contributed by atoms with Crippen LogP contribution in [0.3, 0.4) is 0 Å². The number of para-hydroxylation sites is 1. The average molecular weight is 436 g/mol. The average Bonchev–Trinajstić information content (AvgIpc) is 3.09. The van der Waals surface area contributed by atoms with Gasteiger partial charge in [-0.05, 0) is 36.2 Å². The van der Waals surface area contributed by atoms with Crippen molar-refractivity contribution in [1.82, 2.24) is 9.80 Å². The molecule has 2 aromatic carbocycles. The molecule has 7 heteroatoms. The van der Waals surface area contributed by atoms with Crippen LogP contribution in [0.1, 0.15) is 12.0 Å². The highest BCUT2D eigenvalue weighted by atomic mass is 16.5. The monoisotopic (exact) mass is 435 g/mol. The molecule has 0 radical (unpaired) electrons. The fourth-order valence-corrected chi connectivity index (χ4v) is 4.15. The number of imide groups is 1. The molecule has 7 nitrogen and oxygen atoms in total. The van der Waals surface area contributed by atoms with Gasteiger partial charge in [0, 0.05) is 38.9 Å². The first-order valence-electron chi connectivity index (χ1n) is 10.9. The molecule has 0 bridgehead atoms. The van der Waals surface area contributed by atoms with Crippen molar-refractivity contribution in [2.75, 3.05) is 58.5 Å². The van der Waals surface area contributed by atoms with Crippen molar-refractivity contribution in [3.05, 3.63) is 65.9 Å². The number of likely N-dealkylation sites (N-methyl/N-ethyl adjacent to an activating group) is 1. The molecule has 168 valence electrons. The fraction of sp³-hybridized carbons (Fsp3) is 0.360. The molecule has 0 aromatic heterocycles. The van der Waals surface area contributed by atoms with Crippen molar-refractivity contribution < 1.29 is 19.1 Å². The zero-order valence-electron chi connectivity index (χ0n) is 18.6. The molecule has 0 aliphatic carbocycles. The van der Waals surface area contributed by atoms with Crippen LogP contribution in [0, 0.1) is 0 Å². The standard InChI is InChI=1S/C25H29N3O4/c1-26(20-7-4-3-5-8-20)23-22(19-9-11-21(31-2)12-10-19)24(29)28(25(23)30)14-6-13-27-15-17-32-18-16-27/h3-5,7-12H,6,13-18H2,1-2H3. The van der Waals surface area contributed by atoms with E-state index in [0.29, 0.717) is 29.1 Å². The third kappa shape index (κ3) is 4.54. The lowest BCUT2D eigenvalue weighted by atomic mass is 10.0. The van der Waals surface area contributed by atoms with E-state index in [-0.39, 0.29) is 11.8 Å². The lowest BCUT2D eigenvalue weighted by Gasteiger charge is -2.27. The molecule has 0 saturated carbocycles. The summed E-state index contributed by atoms with van der Waals surface area (Å²) >= 11 is 0. The fourth-order valence-electron chi connectivity index (χ4n) is 4.15. The van der Waals surface area contributed by atoms with Crippen molar-refractivity contribution >= 4 is 23.1 Å². The summed E-state index contributed by atoms with van der Waals surface area (Å²) < 4.78 is 10.6. The van der Waals surface area contributed by atoms with E-state index in [4.69, 9.17) is 9.47 Å². The summed E-state index contributed by atoms with van der Waals surface area (Å²) in [6.45, 7) is 4.47. The lowest BCUT2D eigenvalue weighted by molar-refractivity contribution is -0.137. The Hall–Kier alpha value is -3.16. The third-order valence-corrected chi connectivity index (χ3v) is 5.96. The first-order valence-corrected chi connectivity index (χ1v) is 10.9. The topological polar surface area (TPSA) is 62.3 Å². The smallest absolute Gasteiger partial charge is 0.278 e. The van der Waals surface area contributed by atoms with E-state index in [1.807, 2.05) is 54.4 Å². The second-order valence-corrected chi connectivity index (χ2v) is 7.92. The van der Waals surface area contributed by atoms with Crippen LogP contribution >= 0.6 is 0 Å². The zero-order chi connectivity index (χ0) is 22.5. The van der Waals surface area contributed by atoms with Gasteiger partial charge in [-0.1, -0.05) is 30.3 Å². The Morgan fingerprint density at radius 2 is 1.62 bits per heavy atom. The molecule has 1 saturated heterocycles. The van der Waals surface area contributed by atoms with E-state index in [0.717, 1.165) is 45.0 Å². The predicted octanol–water partition coefficient (Wildman–Crippen LogP) is 2.63. The van der Waals surface area contributed by atoms with Crippen molar-refractivity contribution in [1.29, 1.82) is 0 Å². The summed E-state index contributed by atoms with van der Waals surface area (Å²) in [5.74, 6) is 0.195. The minimum Gasteiger partial charge on any atom is -0.497 e. The molecule has 2 amide bonds. The molecule has 0 spiro atoms. The van der Waals surface area contributed by atoms with Gasteiger partial charge in [-0.25, -0.2) is 0 Å².